The molecule has 2 aromatic carbocycles. The van der Waals surface area contributed by atoms with Gasteiger partial charge in [-0.1, -0.05) is 12.1 Å². The van der Waals surface area contributed by atoms with Gasteiger partial charge in [-0.15, -0.1) is 0 Å². The minimum Gasteiger partial charge on any atom is -0.483 e. The summed E-state index contributed by atoms with van der Waals surface area (Å²) in [6.45, 7) is 3.07. The molecule has 0 atom stereocenters. The first-order valence-electron chi connectivity index (χ1n) is 9.05. The largest absolute Gasteiger partial charge is 0.483 e. The smallest absolute Gasteiger partial charge is 0.260 e. The monoisotopic (exact) mass is 397 g/mol. The molecule has 0 aromatic heterocycles. The van der Waals surface area contributed by atoms with Gasteiger partial charge in [0.25, 0.3) is 5.91 Å². The van der Waals surface area contributed by atoms with Crippen LogP contribution in [-0.4, -0.2) is 48.6 Å². The lowest BCUT2D eigenvalue weighted by atomic mass is 10.2. The van der Waals surface area contributed by atoms with Crippen molar-refractivity contribution in [3.8, 4) is 5.75 Å². The van der Waals surface area contributed by atoms with E-state index >= 15 is 0 Å². The highest BCUT2D eigenvalue weighted by atomic mass is 16.5. The molecule has 152 valence electrons. The van der Waals surface area contributed by atoms with Crippen LogP contribution >= 0.6 is 0 Å². The van der Waals surface area contributed by atoms with E-state index in [9.17, 15) is 19.2 Å². The van der Waals surface area contributed by atoms with E-state index in [1.807, 2.05) is 0 Å². The molecule has 0 aliphatic carbocycles. The number of aldehydes is 1. The molecule has 0 bridgehead atoms. The minimum atomic E-state index is -0.371. The van der Waals surface area contributed by atoms with Crippen LogP contribution in [0.25, 0.3) is 0 Å². The predicted molar refractivity (Wildman–Crippen MR) is 109 cm³/mol. The number of rotatable bonds is 9. The molecule has 2 N–H and O–H groups in total. The summed E-state index contributed by atoms with van der Waals surface area (Å²) in [6.07, 6.45) is 0.655. The van der Waals surface area contributed by atoms with Crippen molar-refractivity contribution in [2.24, 2.45) is 0 Å². The Kier molecular flexibility index (Phi) is 7.90. The van der Waals surface area contributed by atoms with Crippen molar-refractivity contribution >= 4 is 35.4 Å². The highest BCUT2D eigenvalue weighted by Crippen LogP contribution is 2.16. The Morgan fingerprint density at radius 3 is 2.21 bits per heavy atom. The fraction of sp³-hybridized carbons (Fsp3) is 0.238. The molecule has 29 heavy (non-hydrogen) atoms. The molecule has 2 aromatic rings. The Labute approximate surface area is 168 Å². The lowest BCUT2D eigenvalue weighted by Gasteiger charge is -2.20. The number of nitrogens with one attached hydrogen (secondary N) is 2. The summed E-state index contributed by atoms with van der Waals surface area (Å²) in [4.78, 5) is 48.0. The van der Waals surface area contributed by atoms with Crippen LogP contribution in [0, 0.1) is 0 Å². The summed E-state index contributed by atoms with van der Waals surface area (Å²) in [7, 11) is 0. The van der Waals surface area contributed by atoms with Crippen LogP contribution in [0.2, 0.25) is 0 Å². The fourth-order valence-corrected chi connectivity index (χ4v) is 2.53. The maximum atomic E-state index is 12.4. The van der Waals surface area contributed by atoms with Gasteiger partial charge in [0.2, 0.25) is 11.8 Å². The number of likely N-dealkylation sites (N-methyl/N-ethyl adjacent to an activating group) is 1. The van der Waals surface area contributed by atoms with Crippen molar-refractivity contribution < 1.29 is 23.9 Å². The Morgan fingerprint density at radius 2 is 1.62 bits per heavy atom. The first-order valence-corrected chi connectivity index (χ1v) is 9.05. The number of benzene rings is 2. The van der Waals surface area contributed by atoms with E-state index < -0.39 is 0 Å². The molecule has 0 saturated heterocycles. The van der Waals surface area contributed by atoms with Gasteiger partial charge in [0.15, 0.2) is 12.9 Å². The Balaban J connectivity index is 1.89. The number of hydrogen-bond acceptors (Lipinski definition) is 5. The van der Waals surface area contributed by atoms with Gasteiger partial charge in [0, 0.05) is 24.8 Å². The lowest BCUT2D eigenvalue weighted by Crippen LogP contribution is -2.40. The van der Waals surface area contributed by atoms with Crippen molar-refractivity contribution in [2.75, 3.05) is 30.3 Å². The first kappa shape index (κ1) is 21.6. The summed E-state index contributed by atoms with van der Waals surface area (Å²) in [5.41, 5.74) is 1.51. The second kappa shape index (κ2) is 10.6. The van der Waals surface area contributed by atoms with Gasteiger partial charge < -0.3 is 20.3 Å². The third-order valence-electron chi connectivity index (χ3n) is 3.96. The van der Waals surface area contributed by atoms with Crippen LogP contribution in [0.5, 0.6) is 5.75 Å². The van der Waals surface area contributed by atoms with E-state index in [1.165, 1.54) is 11.8 Å². The van der Waals surface area contributed by atoms with Crippen molar-refractivity contribution in [3.05, 3.63) is 54.1 Å². The summed E-state index contributed by atoms with van der Waals surface area (Å²) < 4.78 is 5.43. The molecule has 0 radical (unpaired) electrons. The molecule has 0 fully saturated rings. The van der Waals surface area contributed by atoms with Gasteiger partial charge in [-0.2, -0.15) is 0 Å². The molecule has 8 heteroatoms. The highest BCUT2D eigenvalue weighted by Gasteiger charge is 2.17. The zero-order valence-corrected chi connectivity index (χ0v) is 16.3. The normalized spacial score (nSPS) is 10.0. The van der Waals surface area contributed by atoms with E-state index in [0.29, 0.717) is 35.5 Å². The SMILES string of the molecule is CCN(CC(=O)Nc1ccc(NC(C)=O)cc1)C(=O)COc1ccccc1C=O. The lowest BCUT2D eigenvalue weighted by molar-refractivity contribution is -0.136. The molecule has 0 aliphatic heterocycles. The Bertz CT molecular complexity index is 880. The summed E-state index contributed by atoms with van der Waals surface area (Å²) in [5, 5.41) is 5.34. The molecule has 0 saturated carbocycles. The van der Waals surface area contributed by atoms with E-state index in [4.69, 9.17) is 4.74 Å². The van der Waals surface area contributed by atoms with Crippen LogP contribution in [0.15, 0.2) is 48.5 Å². The predicted octanol–water partition coefficient (Wildman–Crippen LogP) is 2.32. The summed E-state index contributed by atoms with van der Waals surface area (Å²) >= 11 is 0. The second-order valence-electron chi connectivity index (χ2n) is 6.16. The van der Waals surface area contributed by atoms with Gasteiger partial charge in [-0.05, 0) is 43.3 Å². The number of ether oxygens (including phenoxy) is 1. The molecule has 0 heterocycles. The van der Waals surface area contributed by atoms with Crippen LogP contribution in [0.1, 0.15) is 24.2 Å². The van der Waals surface area contributed by atoms with Gasteiger partial charge in [0.1, 0.15) is 5.75 Å². The quantitative estimate of drug-likeness (QED) is 0.632. The van der Waals surface area contributed by atoms with Crippen molar-refractivity contribution in [1.29, 1.82) is 0 Å². The summed E-state index contributed by atoms with van der Waals surface area (Å²) in [5.74, 6) is -0.599. The fourth-order valence-electron chi connectivity index (χ4n) is 2.53. The van der Waals surface area contributed by atoms with E-state index in [-0.39, 0.29) is 30.9 Å². The molecular weight excluding hydrogens is 374 g/mol. The maximum Gasteiger partial charge on any atom is 0.260 e. The third-order valence-corrected chi connectivity index (χ3v) is 3.96. The molecule has 3 amide bonds. The van der Waals surface area contributed by atoms with Crippen molar-refractivity contribution in [1.82, 2.24) is 4.90 Å². The van der Waals surface area contributed by atoms with Crippen molar-refractivity contribution in [3.63, 3.8) is 0 Å². The minimum absolute atomic E-state index is 0.137. The van der Waals surface area contributed by atoms with Crippen LogP contribution in [-0.2, 0) is 14.4 Å². The highest BCUT2D eigenvalue weighted by molar-refractivity contribution is 5.95. The average molecular weight is 397 g/mol. The number of amides is 3. The molecular formula is C21H23N3O5. The molecule has 0 spiro atoms. The van der Waals surface area contributed by atoms with Gasteiger partial charge in [-0.3, -0.25) is 19.2 Å². The number of para-hydroxylation sites is 1. The second-order valence-corrected chi connectivity index (χ2v) is 6.16. The first-order chi connectivity index (χ1) is 13.9. The Morgan fingerprint density at radius 1 is 1.00 bits per heavy atom. The standard InChI is InChI=1S/C21H23N3O5/c1-3-24(21(28)14-29-19-7-5-4-6-16(19)13-25)12-20(27)23-18-10-8-17(9-11-18)22-15(2)26/h4-11,13H,3,12,14H2,1-2H3,(H,22,26)(H,23,27). The van der Waals surface area contributed by atoms with E-state index in [2.05, 4.69) is 10.6 Å². The van der Waals surface area contributed by atoms with Crippen LogP contribution in [0.3, 0.4) is 0 Å². The van der Waals surface area contributed by atoms with Gasteiger partial charge >= 0.3 is 0 Å². The Hall–Kier alpha value is -3.68. The summed E-state index contributed by atoms with van der Waals surface area (Å²) in [6, 6.07) is 13.2. The number of anilines is 2. The van der Waals surface area contributed by atoms with Crippen LogP contribution < -0.4 is 15.4 Å². The van der Waals surface area contributed by atoms with Crippen LogP contribution in [0.4, 0.5) is 11.4 Å². The molecule has 0 aliphatic rings. The zero-order chi connectivity index (χ0) is 21.2. The number of carbonyl (C=O) groups excluding carboxylic acids is 4. The van der Waals surface area contributed by atoms with E-state index in [1.54, 1.807) is 55.5 Å². The molecule has 0 unspecified atom stereocenters. The average Bonchev–Trinajstić information content (AvgIpc) is 2.71. The van der Waals surface area contributed by atoms with Crippen molar-refractivity contribution in [2.45, 2.75) is 13.8 Å². The zero-order valence-electron chi connectivity index (χ0n) is 16.3. The van der Waals surface area contributed by atoms with E-state index in [0.717, 1.165) is 0 Å². The molecule has 8 nitrogen and oxygen atoms in total. The maximum absolute atomic E-state index is 12.4. The third kappa shape index (κ3) is 6.76. The number of nitrogens with zero attached hydrogens (tertiary/aromatic N) is 1. The number of hydrogen-bond donors (Lipinski definition) is 2. The molecule has 2 rings (SSSR count). The van der Waals surface area contributed by atoms with Gasteiger partial charge in [-0.25, -0.2) is 0 Å². The number of carbonyl (C=O) groups is 4. The topological polar surface area (TPSA) is 105 Å². The van der Waals surface area contributed by atoms with Gasteiger partial charge in [0.05, 0.1) is 12.1 Å².